The van der Waals surface area contributed by atoms with Crippen molar-refractivity contribution in [3.63, 3.8) is 0 Å². The Balaban J connectivity index is 0.00000261. The molecule has 6 nitrogen and oxygen atoms in total. The number of benzene rings is 1. The summed E-state index contributed by atoms with van der Waals surface area (Å²) in [4.78, 5) is 4.55. The van der Waals surface area contributed by atoms with Crippen molar-refractivity contribution >= 4 is 47.2 Å². The molecule has 0 aliphatic heterocycles. The average Bonchev–Trinajstić information content (AvgIpc) is 3.05. The summed E-state index contributed by atoms with van der Waals surface area (Å²) in [6.07, 6.45) is 2.58. The molecule has 27 heavy (non-hydrogen) atoms. The predicted molar refractivity (Wildman–Crippen MR) is 116 cm³/mol. The van der Waals surface area contributed by atoms with Gasteiger partial charge >= 0.3 is 0 Å². The smallest absolute Gasteiger partial charge is 0.191 e. The van der Waals surface area contributed by atoms with Gasteiger partial charge in [-0.3, -0.25) is 4.40 Å². The van der Waals surface area contributed by atoms with Crippen LogP contribution >= 0.6 is 35.6 Å². The van der Waals surface area contributed by atoms with E-state index in [-0.39, 0.29) is 29.8 Å². The highest BCUT2D eigenvalue weighted by Gasteiger charge is 2.06. The fraction of sp³-hybridized carbons (Fsp3) is 0.278. The fourth-order valence-corrected chi connectivity index (χ4v) is 2.79. The fourth-order valence-electron chi connectivity index (χ4n) is 2.53. The van der Waals surface area contributed by atoms with Crippen molar-refractivity contribution in [2.45, 2.75) is 19.9 Å². The third-order valence-electron chi connectivity index (χ3n) is 3.81. The van der Waals surface area contributed by atoms with E-state index in [0.29, 0.717) is 30.5 Å². The molecule has 2 aromatic heterocycles. The first-order valence-electron chi connectivity index (χ1n) is 8.42. The molecule has 3 rings (SSSR count). The zero-order valence-corrected chi connectivity index (χ0v) is 17.9. The summed E-state index contributed by atoms with van der Waals surface area (Å²) in [7, 11) is 0. The first kappa shape index (κ1) is 21.4. The molecule has 0 saturated carbocycles. The maximum absolute atomic E-state index is 13.1. The monoisotopic (exact) mass is 502 g/mol. The third kappa shape index (κ3) is 5.77. The number of nitrogens with one attached hydrogen (secondary N) is 2. The first-order valence-corrected chi connectivity index (χ1v) is 8.80. The maximum Gasteiger partial charge on any atom is 0.191 e. The molecule has 0 spiro atoms. The molecule has 0 saturated heterocycles. The molecule has 0 aliphatic rings. The minimum absolute atomic E-state index is 0. The van der Waals surface area contributed by atoms with E-state index < -0.39 is 0 Å². The second-order valence-corrected chi connectivity index (χ2v) is 6.06. The van der Waals surface area contributed by atoms with Gasteiger partial charge in [0.15, 0.2) is 17.4 Å². The van der Waals surface area contributed by atoms with E-state index in [4.69, 9.17) is 11.6 Å². The summed E-state index contributed by atoms with van der Waals surface area (Å²) in [5.74, 6) is 1.11. The summed E-state index contributed by atoms with van der Waals surface area (Å²) in [6, 6.07) is 10.2. The van der Waals surface area contributed by atoms with Crippen molar-refractivity contribution in [2.75, 3.05) is 13.1 Å². The largest absolute Gasteiger partial charge is 0.357 e. The van der Waals surface area contributed by atoms with Crippen LogP contribution in [0, 0.1) is 5.82 Å². The molecule has 2 N–H and O–H groups in total. The number of rotatable bonds is 6. The Morgan fingerprint density at radius 1 is 1.22 bits per heavy atom. The number of nitrogens with zero attached hydrogens (tertiary/aromatic N) is 4. The minimum atomic E-state index is -0.331. The lowest BCUT2D eigenvalue weighted by Crippen LogP contribution is -2.38. The number of aliphatic imine (C=N–C) groups is 1. The van der Waals surface area contributed by atoms with Crippen molar-refractivity contribution in [1.29, 1.82) is 0 Å². The lowest BCUT2D eigenvalue weighted by Gasteiger charge is -2.11. The van der Waals surface area contributed by atoms with Crippen molar-refractivity contribution < 1.29 is 4.39 Å². The van der Waals surface area contributed by atoms with Crippen LogP contribution in [0.2, 0.25) is 5.02 Å². The third-order valence-corrected chi connectivity index (χ3v) is 4.16. The first-order chi connectivity index (χ1) is 12.7. The van der Waals surface area contributed by atoms with E-state index in [1.807, 2.05) is 35.7 Å². The molecule has 0 amide bonds. The lowest BCUT2D eigenvalue weighted by atomic mass is 10.1. The van der Waals surface area contributed by atoms with Gasteiger partial charge in [0, 0.05) is 24.3 Å². The van der Waals surface area contributed by atoms with Crippen LogP contribution in [0.4, 0.5) is 4.39 Å². The Labute approximate surface area is 179 Å². The molecule has 0 aliphatic carbocycles. The van der Waals surface area contributed by atoms with Gasteiger partial charge in [-0.25, -0.2) is 9.38 Å². The van der Waals surface area contributed by atoms with Gasteiger partial charge in [-0.2, -0.15) is 0 Å². The summed E-state index contributed by atoms with van der Waals surface area (Å²) >= 11 is 6.06. The van der Waals surface area contributed by atoms with Crippen LogP contribution in [0.1, 0.15) is 18.3 Å². The molecular weight excluding hydrogens is 482 g/mol. The number of fused-ring (bicyclic) bond motifs is 1. The molecule has 9 heteroatoms. The van der Waals surface area contributed by atoms with Gasteiger partial charge in [0.25, 0.3) is 0 Å². The number of hydrogen-bond donors (Lipinski definition) is 2. The molecular formula is C18H21ClFIN6. The SMILES string of the molecule is CCNC(=NCc1nnc2ccccn12)NCCc1ccc(F)cc1Cl.I. The zero-order chi connectivity index (χ0) is 18.4. The molecule has 0 radical (unpaired) electrons. The summed E-state index contributed by atoms with van der Waals surface area (Å²) in [5.41, 5.74) is 1.68. The number of guanidine groups is 1. The zero-order valence-electron chi connectivity index (χ0n) is 14.8. The predicted octanol–water partition coefficient (Wildman–Crippen LogP) is 3.44. The van der Waals surface area contributed by atoms with Crippen LogP contribution in [-0.2, 0) is 13.0 Å². The Morgan fingerprint density at radius 3 is 2.85 bits per heavy atom. The van der Waals surface area contributed by atoms with Crippen LogP contribution in [0.15, 0.2) is 47.6 Å². The average molecular weight is 503 g/mol. The normalized spacial score (nSPS) is 11.3. The van der Waals surface area contributed by atoms with Gasteiger partial charge < -0.3 is 10.6 Å². The second kappa shape index (κ2) is 10.4. The summed E-state index contributed by atoms with van der Waals surface area (Å²) in [5, 5.41) is 15.2. The Hall–Kier alpha value is -1.94. The summed E-state index contributed by atoms with van der Waals surface area (Å²) < 4.78 is 15.0. The Bertz CT molecular complexity index is 914. The molecule has 2 heterocycles. The highest BCUT2D eigenvalue weighted by Crippen LogP contribution is 2.17. The molecule has 1 aromatic carbocycles. The van der Waals surface area contributed by atoms with E-state index in [0.717, 1.165) is 23.6 Å². The van der Waals surface area contributed by atoms with E-state index in [1.165, 1.54) is 12.1 Å². The van der Waals surface area contributed by atoms with Gasteiger partial charge in [0.1, 0.15) is 12.4 Å². The molecule has 0 unspecified atom stereocenters. The van der Waals surface area contributed by atoms with E-state index in [1.54, 1.807) is 6.07 Å². The van der Waals surface area contributed by atoms with E-state index in [2.05, 4.69) is 25.8 Å². The van der Waals surface area contributed by atoms with Gasteiger partial charge in [-0.15, -0.1) is 34.2 Å². The molecule has 0 bridgehead atoms. The Kier molecular flexibility index (Phi) is 8.23. The number of pyridine rings is 1. The number of aromatic nitrogens is 3. The van der Waals surface area contributed by atoms with Crippen molar-refractivity contribution in [2.24, 2.45) is 4.99 Å². The lowest BCUT2D eigenvalue weighted by molar-refractivity contribution is 0.627. The van der Waals surface area contributed by atoms with Crippen LogP contribution in [-0.4, -0.2) is 33.6 Å². The Morgan fingerprint density at radius 2 is 2.07 bits per heavy atom. The van der Waals surface area contributed by atoms with Crippen molar-refractivity contribution in [3.05, 3.63) is 64.8 Å². The van der Waals surface area contributed by atoms with Gasteiger partial charge in [0.2, 0.25) is 0 Å². The van der Waals surface area contributed by atoms with Gasteiger partial charge in [-0.05, 0) is 43.2 Å². The van der Waals surface area contributed by atoms with Gasteiger partial charge in [-0.1, -0.05) is 23.7 Å². The molecule has 144 valence electrons. The highest BCUT2D eigenvalue weighted by atomic mass is 127. The van der Waals surface area contributed by atoms with Crippen LogP contribution in [0.5, 0.6) is 0 Å². The van der Waals surface area contributed by atoms with Crippen molar-refractivity contribution in [1.82, 2.24) is 25.2 Å². The van der Waals surface area contributed by atoms with E-state index >= 15 is 0 Å². The van der Waals surface area contributed by atoms with Crippen LogP contribution in [0.25, 0.3) is 5.65 Å². The number of halogens is 3. The molecule has 3 aromatic rings. The minimum Gasteiger partial charge on any atom is -0.357 e. The molecule has 0 atom stereocenters. The maximum atomic E-state index is 13.1. The van der Waals surface area contributed by atoms with Crippen LogP contribution in [0.3, 0.4) is 0 Å². The molecule has 0 fully saturated rings. The highest BCUT2D eigenvalue weighted by molar-refractivity contribution is 14.0. The van der Waals surface area contributed by atoms with Crippen molar-refractivity contribution in [3.8, 4) is 0 Å². The summed E-state index contributed by atoms with van der Waals surface area (Å²) in [6.45, 7) is 3.76. The topological polar surface area (TPSA) is 66.6 Å². The van der Waals surface area contributed by atoms with Crippen LogP contribution < -0.4 is 10.6 Å². The van der Waals surface area contributed by atoms with E-state index in [9.17, 15) is 4.39 Å². The quantitative estimate of drug-likeness (QED) is 0.308. The number of hydrogen-bond acceptors (Lipinski definition) is 3. The second-order valence-electron chi connectivity index (χ2n) is 5.65. The van der Waals surface area contributed by atoms with Gasteiger partial charge in [0.05, 0.1) is 0 Å². The standard InChI is InChI=1S/C18H20ClFN6.HI/c1-2-21-18(22-9-8-13-6-7-14(20)11-15(13)19)23-12-17-25-24-16-5-3-4-10-26(16)17;/h3-7,10-11H,2,8-9,12H2,1H3,(H2,21,22,23);1H.